The second-order valence-electron chi connectivity index (χ2n) is 6.54. The Hall–Kier alpha value is -3.85. The van der Waals surface area contributed by atoms with Gasteiger partial charge in [-0.05, 0) is 48.4 Å². The van der Waals surface area contributed by atoms with Crippen LogP contribution in [0.5, 0.6) is 0 Å². The Morgan fingerprint density at radius 2 is 1.81 bits per heavy atom. The van der Waals surface area contributed by atoms with Crippen molar-refractivity contribution in [2.24, 2.45) is 0 Å². The highest BCUT2D eigenvalue weighted by Crippen LogP contribution is 2.28. The first-order valence-electron chi connectivity index (χ1n) is 9.51. The van der Waals surface area contributed by atoms with Gasteiger partial charge in [-0.15, -0.1) is 11.3 Å². The minimum atomic E-state index is -0.470. The molecule has 1 aromatic carbocycles. The number of amides is 2. The van der Waals surface area contributed by atoms with Gasteiger partial charge in [-0.2, -0.15) is 5.10 Å². The summed E-state index contributed by atoms with van der Waals surface area (Å²) in [6, 6.07) is 14.9. The molecule has 3 heterocycles. The molecule has 0 radical (unpaired) electrons. The Morgan fingerprint density at radius 1 is 1.03 bits per heavy atom. The second-order valence-corrected chi connectivity index (χ2v) is 7.62. The number of halogens is 1. The predicted octanol–water partition coefficient (Wildman–Crippen LogP) is 3.77. The molecule has 0 atom stereocenters. The van der Waals surface area contributed by atoms with Crippen molar-refractivity contribution in [3.8, 4) is 16.3 Å². The zero-order chi connectivity index (χ0) is 21.8. The van der Waals surface area contributed by atoms with Crippen molar-refractivity contribution in [1.29, 1.82) is 0 Å². The van der Waals surface area contributed by atoms with E-state index in [1.165, 1.54) is 29.7 Å². The first-order valence-corrected chi connectivity index (χ1v) is 10.3. The number of hydrogen-bond acceptors (Lipinski definition) is 5. The van der Waals surface area contributed by atoms with Gasteiger partial charge in [-0.1, -0.05) is 25.1 Å². The van der Waals surface area contributed by atoms with Gasteiger partial charge >= 0.3 is 0 Å². The molecule has 0 spiro atoms. The molecule has 4 aromatic rings. The predicted molar refractivity (Wildman–Crippen MR) is 115 cm³/mol. The fourth-order valence-corrected chi connectivity index (χ4v) is 3.96. The van der Waals surface area contributed by atoms with E-state index < -0.39 is 11.8 Å². The number of benzene rings is 1. The highest BCUT2D eigenvalue weighted by atomic mass is 32.1. The summed E-state index contributed by atoms with van der Waals surface area (Å²) in [5.41, 5.74) is 6.71. The number of thiophene rings is 1. The zero-order valence-electron chi connectivity index (χ0n) is 16.5. The maximum atomic E-state index is 13.1. The Bertz CT molecular complexity index is 1220. The Labute approximate surface area is 181 Å². The third-order valence-electron chi connectivity index (χ3n) is 4.56. The van der Waals surface area contributed by atoms with Gasteiger partial charge in [0.05, 0.1) is 22.3 Å². The van der Waals surface area contributed by atoms with E-state index in [0.29, 0.717) is 28.4 Å². The van der Waals surface area contributed by atoms with E-state index in [9.17, 15) is 14.0 Å². The van der Waals surface area contributed by atoms with Crippen LogP contribution in [0.15, 0.2) is 67.0 Å². The van der Waals surface area contributed by atoms with E-state index in [1.807, 2.05) is 13.0 Å². The van der Waals surface area contributed by atoms with Crippen LogP contribution in [0.4, 0.5) is 4.39 Å². The number of hydrazine groups is 1. The molecule has 7 nitrogen and oxygen atoms in total. The molecule has 9 heteroatoms. The van der Waals surface area contributed by atoms with Crippen LogP contribution in [0.25, 0.3) is 16.3 Å². The van der Waals surface area contributed by atoms with Crippen LogP contribution in [0.1, 0.15) is 32.6 Å². The summed E-state index contributed by atoms with van der Waals surface area (Å²) in [5.74, 6) is -0.627. The Kier molecular flexibility index (Phi) is 5.85. The van der Waals surface area contributed by atoms with Crippen molar-refractivity contribution in [1.82, 2.24) is 25.6 Å². The third kappa shape index (κ3) is 4.36. The average Bonchev–Trinajstić information content (AvgIpc) is 3.46. The van der Waals surface area contributed by atoms with Crippen molar-refractivity contribution in [2.75, 3.05) is 0 Å². The molecule has 0 aliphatic heterocycles. The standard InChI is InChI=1S/C22H18FN5O2S/c1-2-17-16(13-25-28(17)20-5-3-4-12-24-20)21(29)26-27-22(30)19-11-10-18(31-19)14-6-8-15(23)9-7-14/h3-13H,2H2,1H3,(H,26,29)(H,27,30). The molecule has 0 saturated carbocycles. The summed E-state index contributed by atoms with van der Waals surface area (Å²) in [6.45, 7) is 1.91. The summed E-state index contributed by atoms with van der Waals surface area (Å²) in [6.07, 6.45) is 3.66. The molecule has 2 N–H and O–H groups in total. The number of carbonyl (C=O) groups excluding carboxylic acids is 2. The van der Waals surface area contributed by atoms with Crippen LogP contribution in [0, 0.1) is 5.82 Å². The van der Waals surface area contributed by atoms with Crippen LogP contribution < -0.4 is 10.9 Å². The van der Waals surface area contributed by atoms with Gasteiger partial charge in [0.2, 0.25) is 0 Å². The van der Waals surface area contributed by atoms with E-state index in [-0.39, 0.29) is 5.82 Å². The van der Waals surface area contributed by atoms with Gasteiger partial charge in [0.1, 0.15) is 5.82 Å². The van der Waals surface area contributed by atoms with Crippen LogP contribution in [-0.4, -0.2) is 26.6 Å². The molecule has 0 aliphatic rings. The molecule has 0 aliphatic carbocycles. The zero-order valence-corrected chi connectivity index (χ0v) is 17.3. The van der Waals surface area contributed by atoms with Crippen molar-refractivity contribution >= 4 is 23.2 Å². The summed E-state index contributed by atoms with van der Waals surface area (Å²) in [5, 5.41) is 4.26. The molecule has 2 amide bonds. The molecule has 0 unspecified atom stereocenters. The highest BCUT2D eigenvalue weighted by Gasteiger charge is 2.19. The van der Waals surface area contributed by atoms with Crippen LogP contribution >= 0.6 is 11.3 Å². The third-order valence-corrected chi connectivity index (χ3v) is 5.70. The van der Waals surface area contributed by atoms with Crippen LogP contribution in [0.3, 0.4) is 0 Å². The molecule has 0 saturated heterocycles. The smallest absolute Gasteiger partial charge is 0.267 e. The van der Waals surface area contributed by atoms with Gasteiger partial charge in [0.25, 0.3) is 11.8 Å². The van der Waals surface area contributed by atoms with Gasteiger partial charge in [0.15, 0.2) is 5.82 Å². The molecular formula is C22H18FN5O2S. The molecule has 156 valence electrons. The van der Waals surface area contributed by atoms with E-state index in [4.69, 9.17) is 0 Å². The fourth-order valence-electron chi connectivity index (χ4n) is 3.05. The summed E-state index contributed by atoms with van der Waals surface area (Å²) in [7, 11) is 0. The normalized spacial score (nSPS) is 10.6. The van der Waals surface area contributed by atoms with Crippen molar-refractivity contribution in [3.63, 3.8) is 0 Å². The quantitative estimate of drug-likeness (QED) is 0.467. The topological polar surface area (TPSA) is 88.9 Å². The number of aromatic nitrogens is 3. The molecule has 3 aromatic heterocycles. The molecular weight excluding hydrogens is 417 g/mol. The first-order chi connectivity index (χ1) is 15.1. The lowest BCUT2D eigenvalue weighted by Crippen LogP contribution is -2.41. The van der Waals surface area contributed by atoms with Crippen molar-refractivity contribution in [2.45, 2.75) is 13.3 Å². The number of nitrogens with one attached hydrogen (secondary N) is 2. The fraction of sp³-hybridized carbons (Fsp3) is 0.0909. The number of carbonyl (C=O) groups is 2. The van der Waals surface area contributed by atoms with Gasteiger partial charge in [-0.25, -0.2) is 14.1 Å². The summed E-state index contributed by atoms with van der Waals surface area (Å²) >= 11 is 1.25. The van der Waals surface area contributed by atoms with Gasteiger partial charge < -0.3 is 0 Å². The summed E-state index contributed by atoms with van der Waals surface area (Å²) in [4.78, 5) is 30.6. The maximum Gasteiger partial charge on any atom is 0.279 e. The van der Waals surface area contributed by atoms with E-state index in [2.05, 4.69) is 20.9 Å². The molecule has 0 fully saturated rings. The van der Waals surface area contributed by atoms with Gasteiger partial charge in [-0.3, -0.25) is 20.4 Å². The number of nitrogens with zero attached hydrogens (tertiary/aromatic N) is 3. The highest BCUT2D eigenvalue weighted by molar-refractivity contribution is 7.17. The van der Waals surface area contributed by atoms with Gasteiger partial charge in [0, 0.05) is 11.1 Å². The maximum absolute atomic E-state index is 13.1. The Balaban J connectivity index is 1.44. The summed E-state index contributed by atoms with van der Waals surface area (Å²) < 4.78 is 14.7. The van der Waals surface area contributed by atoms with Crippen LogP contribution in [0.2, 0.25) is 0 Å². The van der Waals surface area contributed by atoms with E-state index in [1.54, 1.807) is 47.3 Å². The lowest BCUT2D eigenvalue weighted by molar-refractivity contribution is 0.0848. The average molecular weight is 435 g/mol. The van der Waals surface area contributed by atoms with Crippen molar-refractivity contribution in [3.05, 3.63) is 88.9 Å². The Morgan fingerprint density at radius 3 is 2.52 bits per heavy atom. The molecule has 0 bridgehead atoms. The second kappa shape index (κ2) is 8.88. The molecule has 31 heavy (non-hydrogen) atoms. The number of hydrogen-bond donors (Lipinski definition) is 2. The first kappa shape index (κ1) is 20.4. The van der Waals surface area contributed by atoms with E-state index in [0.717, 1.165) is 10.4 Å². The monoisotopic (exact) mass is 435 g/mol. The number of rotatable bonds is 5. The minimum Gasteiger partial charge on any atom is -0.267 e. The number of pyridine rings is 1. The largest absolute Gasteiger partial charge is 0.279 e. The molecule has 4 rings (SSSR count). The lowest BCUT2D eigenvalue weighted by Gasteiger charge is -2.08. The van der Waals surface area contributed by atoms with Crippen molar-refractivity contribution < 1.29 is 14.0 Å². The van der Waals surface area contributed by atoms with E-state index >= 15 is 0 Å². The lowest BCUT2D eigenvalue weighted by atomic mass is 10.2. The minimum absolute atomic E-state index is 0.321. The van der Waals surface area contributed by atoms with Crippen LogP contribution in [-0.2, 0) is 6.42 Å². The SMILES string of the molecule is CCc1c(C(=O)NNC(=O)c2ccc(-c3ccc(F)cc3)s2)cnn1-c1ccccn1.